The Morgan fingerprint density at radius 1 is 1.47 bits per heavy atom. The highest BCUT2D eigenvalue weighted by molar-refractivity contribution is 4.80. The molecular weight excluding hydrogens is 218 g/mol. The Bertz CT molecular complexity index is 334. The number of aryl methyl sites for hydroxylation is 1. The van der Waals surface area contributed by atoms with Crippen LogP contribution in [-0.2, 0) is 13.6 Å². The summed E-state index contributed by atoms with van der Waals surface area (Å²) in [6.45, 7) is 4.22. The van der Waals surface area contributed by atoms with Gasteiger partial charge >= 0.3 is 0 Å². The van der Waals surface area contributed by atoms with Crippen LogP contribution in [0.2, 0.25) is 0 Å². The number of β-amino-alcohol motifs (C(OH)–C–C–N with tert-alkyl or cyclic N) is 1. The quantitative estimate of drug-likeness (QED) is 0.691. The second-order valence-corrected chi connectivity index (χ2v) is 4.63. The van der Waals surface area contributed by atoms with E-state index >= 15 is 0 Å². The van der Waals surface area contributed by atoms with Gasteiger partial charge in [-0.25, -0.2) is 4.98 Å². The van der Waals surface area contributed by atoms with Crippen LogP contribution in [0.25, 0.3) is 0 Å². The minimum atomic E-state index is -0.309. The van der Waals surface area contributed by atoms with Gasteiger partial charge in [0.1, 0.15) is 6.33 Å². The van der Waals surface area contributed by atoms with Crippen molar-refractivity contribution in [3.05, 3.63) is 12.2 Å². The van der Waals surface area contributed by atoms with Gasteiger partial charge < -0.3 is 15.3 Å². The molecule has 1 atom stereocenters. The fourth-order valence-corrected chi connectivity index (χ4v) is 2.14. The largest absolute Gasteiger partial charge is 0.390 e. The molecule has 0 aromatic carbocycles. The zero-order valence-electron chi connectivity index (χ0n) is 10.3. The third-order valence-corrected chi connectivity index (χ3v) is 2.98. The molecule has 2 N–H and O–H groups in total. The van der Waals surface area contributed by atoms with Gasteiger partial charge in [0.2, 0.25) is 0 Å². The first-order valence-corrected chi connectivity index (χ1v) is 6.19. The van der Waals surface area contributed by atoms with Crippen LogP contribution in [0.3, 0.4) is 0 Å². The number of nitrogens with one attached hydrogen (secondary N) is 1. The van der Waals surface area contributed by atoms with Gasteiger partial charge in [-0.15, -0.1) is 0 Å². The predicted molar refractivity (Wildman–Crippen MR) is 64.4 cm³/mol. The topological polar surface area (TPSA) is 66.2 Å². The van der Waals surface area contributed by atoms with Crippen LogP contribution in [0.5, 0.6) is 0 Å². The average Bonchev–Trinajstić information content (AvgIpc) is 2.90. The second kappa shape index (κ2) is 6.09. The van der Waals surface area contributed by atoms with Gasteiger partial charge in [-0.2, -0.15) is 5.10 Å². The maximum atomic E-state index is 9.84. The van der Waals surface area contributed by atoms with Crippen LogP contribution >= 0.6 is 0 Å². The highest BCUT2D eigenvalue weighted by Crippen LogP contribution is 2.07. The number of rotatable bonds is 6. The summed E-state index contributed by atoms with van der Waals surface area (Å²) in [5.41, 5.74) is 0. The molecule has 2 rings (SSSR count). The Labute approximate surface area is 102 Å². The highest BCUT2D eigenvalue weighted by atomic mass is 16.3. The SMILES string of the molecule is Cn1cnc(CNCC(O)CN2CCCC2)n1. The van der Waals surface area contributed by atoms with Gasteiger partial charge in [0.05, 0.1) is 12.6 Å². The number of nitrogens with zero attached hydrogens (tertiary/aromatic N) is 4. The van der Waals surface area contributed by atoms with E-state index in [4.69, 9.17) is 0 Å². The van der Waals surface area contributed by atoms with Gasteiger partial charge in [0, 0.05) is 20.1 Å². The van der Waals surface area contributed by atoms with Crippen LogP contribution in [0.15, 0.2) is 6.33 Å². The molecule has 1 saturated heterocycles. The van der Waals surface area contributed by atoms with Crippen molar-refractivity contribution < 1.29 is 5.11 Å². The lowest BCUT2D eigenvalue weighted by Crippen LogP contribution is -2.37. The molecule has 6 heteroatoms. The molecule has 96 valence electrons. The minimum Gasteiger partial charge on any atom is -0.390 e. The number of aliphatic hydroxyl groups is 1. The molecule has 1 aromatic rings. The first-order valence-electron chi connectivity index (χ1n) is 6.19. The monoisotopic (exact) mass is 239 g/mol. The van der Waals surface area contributed by atoms with Crippen LogP contribution in [-0.4, -0.2) is 57.1 Å². The number of aliphatic hydroxyl groups excluding tert-OH is 1. The number of aromatic nitrogens is 3. The molecule has 0 spiro atoms. The Morgan fingerprint density at radius 3 is 2.88 bits per heavy atom. The predicted octanol–water partition coefficient (Wildman–Crippen LogP) is -0.639. The zero-order valence-corrected chi connectivity index (χ0v) is 10.3. The lowest BCUT2D eigenvalue weighted by Gasteiger charge is -2.19. The van der Waals surface area contributed by atoms with E-state index in [9.17, 15) is 5.11 Å². The van der Waals surface area contributed by atoms with E-state index < -0.39 is 0 Å². The molecule has 0 radical (unpaired) electrons. The lowest BCUT2D eigenvalue weighted by molar-refractivity contribution is 0.123. The van der Waals surface area contributed by atoms with Crippen LogP contribution in [0, 0.1) is 0 Å². The van der Waals surface area contributed by atoms with Crippen molar-refractivity contribution in [2.75, 3.05) is 26.2 Å². The minimum absolute atomic E-state index is 0.309. The first kappa shape index (κ1) is 12.5. The Kier molecular flexibility index (Phi) is 4.47. The smallest absolute Gasteiger partial charge is 0.164 e. The molecule has 2 heterocycles. The van der Waals surface area contributed by atoms with Gasteiger partial charge in [-0.3, -0.25) is 4.68 Å². The van der Waals surface area contributed by atoms with E-state index in [-0.39, 0.29) is 6.10 Å². The van der Waals surface area contributed by atoms with Gasteiger partial charge in [0.15, 0.2) is 5.82 Å². The van der Waals surface area contributed by atoms with Crippen LogP contribution in [0.4, 0.5) is 0 Å². The summed E-state index contributed by atoms with van der Waals surface area (Å²) in [4.78, 5) is 6.42. The summed E-state index contributed by atoms with van der Waals surface area (Å²) in [5, 5.41) is 17.2. The average molecular weight is 239 g/mol. The lowest BCUT2D eigenvalue weighted by atomic mass is 10.3. The van der Waals surface area contributed by atoms with E-state index in [0.717, 1.165) is 25.5 Å². The summed E-state index contributed by atoms with van der Waals surface area (Å²) >= 11 is 0. The summed E-state index contributed by atoms with van der Waals surface area (Å²) in [6, 6.07) is 0. The Morgan fingerprint density at radius 2 is 2.24 bits per heavy atom. The van der Waals surface area contributed by atoms with Crippen molar-refractivity contribution >= 4 is 0 Å². The maximum absolute atomic E-state index is 9.84. The molecule has 0 bridgehead atoms. The first-order chi connectivity index (χ1) is 8.24. The summed E-state index contributed by atoms with van der Waals surface area (Å²) in [6.07, 6.45) is 3.89. The van der Waals surface area contributed by atoms with Gasteiger partial charge in [-0.05, 0) is 25.9 Å². The fourth-order valence-electron chi connectivity index (χ4n) is 2.14. The number of hydrogen-bond donors (Lipinski definition) is 2. The second-order valence-electron chi connectivity index (χ2n) is 4.63. The standard InChI is InChI=1S/C11H21N5O/c1-15-9-13-11(14-15)7-12-6-10(17)8-16-4-2-3-5-16/h9-10,12,17H,2-8H2,1H3. The molecule has 1 aliphatic heterocycles. The van der Waals surface area contributed by atoms with E-state index in [1.807, 2.05) is 7.05 Å². The molecule has 1 aliphatic rings. The zero-order chi connectivity index (χ0) is 12.1. The Balaban J connectivity index is 1.60. The summed E-state index contributed by atoms with van der Waals surface area (Å²) in [5.74, 6) is 0.765. The van der Waals surface area contributed by atoms with Crippen LogP contribution in [0.1, 0.15) is 18.7 Å². The maximum Gasteiger partial charge on any atom is 0.164 e. The van der Waals surface area contributed by atoms with Gasteiger partial charge in [-0.1, -0.05) is 0 Å². The van der Waals surface area contributed by atoms with Crippen molar-refractivity contribution in [2.45, 2.75) is 25.5 Å². The highest BCUT2D eigenvalue weighted by Gasteiger charge is 2.15. The van der Waals surface area contributed by atoms with Crippen molar-refractivity contribution in [3.63, 3.8) is 0 Å². The van der Waals surface area contributed by atoms with E-state index in [1.54, 1.807) is 11.0 Å². The van der Waals surface area contributed by atoms with Gasteiger partial charge in [0.25, 0.3) is 0 Å². The van der Waals surface area contributed by atoms with Crippen molar-refractivity contribution in [1.82, 2.24) is 25.0 Å². The van der Waals surface area contributed by atoms with Crippen molar-refractivity contribution in [2.24, 2.45) is 7.05 Å². The molecule has 0 amide bonds. The van der Waals surface area contributed by atoms with E-state index in [0.29, 0.717) is 13.1 Å². The normalized spacial score (nSPS) is 18.7. The van der Waals surface area contributed by atoms with Crippen molar-refractivity contribution in [3.8, 4) is 0 Å². The molecule has 1 unspecified atom stereocenters. The van der Waals surface area contributed by atoms with Crippen LogP contribution < -0.4 is 5.32 Å². The molecule has 1 fully saturated rings. The summed E-state index contributed by atoms with van der Waals surface area (Å²) in [7, 11) is 1.85. The molecular formula is C11H21N5O. The molecule has 6 nitrogen and oxygen atoms in total. The number of likely N-dealkylation sites (tertiary alicyclic amines) is 1. The molecule has 17 heavy (non-hydrogen) atoms. The number of hydrogen-bond acceptors (Lipinski definition) is 5. The third kappa shape index (κ3) is 4.07. The summed E-state index contributed by atoms with van der Waals surface area (Å²) < 4.78 is 1.68. The molecule has 1 aromatic heterocycles. The Hall–Kier alpha value is -0.980. The fraction of sp³-hybridized carbons (Fsp3) is 0.818. The molecule has 0 aliphatic carbocycles. The van der Waals surface area contributed by atoms with E-state index in [2.05, 4.69) is 20.3 Å². The van der Waals surface area contributed by atoms with Crippen molar-refractivity contribution in [1.29, 1.82) is 0 Å². The molecule has 0 saturated carbocycles. The third-order valence-electron chi connectivity index (χ3n) is 2.98. The van der Waals surface area contributed by atoms with E-state index in [1.165, 1.54) is 12.8 Å².